The molecule has 0 aromatic heterocycles. The van der Waals surface area contributed by atoms with E-state index in [4.69, 9.17) is 0 Å². The van der Waals surface area contributed by atoms with Gasteiger partial charge in [-0.05, 0) is 6.92 Å². The molecule has 0 unspecified atom stereocenters. The van der Waals surface area contributed by atoms with Crippen molar-refractivity contribution >= 4 is 0 Å². The van der Waals surface area contributed by atoms with Gasteiger partial charge in [0.05, 0.1) is 0 Å². The molecule has 62 valence electrons. The third-order valence-electron chi connectivity index (χ3n) is 0.940. The summed E-state index contributed by atoms with van der Waals surface area (Å²) in [5, 5.41) is 0. The molecule has 0 bridgehead atoms. The minimum atomic E-state index is 0. The van der Waals surface area contributed by atoms with Crippen LogP contribution in [-0.2, 0) is 0 Å². The van der Waals surface area contributed by atoms with Crippen molar-refractivity contribution < 1.29 is 73.7 Å². The third kappa shape index (κ3) is 6.10. The van der Waals surface area contributed by atoms with Crippen LogP contribution in [0.4, 0.5) is 0 Å². The molecule has 2 radical (unpaired) electrons. The molecule has 0 aliphatic rings. The number of hydrogen-bond donors (Lipinski definition) is 0. The Morgan fingerprint density at radius 1 is 0.889 bits per heavy atom. The molecule has 0 aliphatic carbocycles. The molecule has 9 heavy (non-hydrogen) atoms. The summed E-state index contributed by atoms with van der Waals surface area (Å²) >= 11 is 0. The van der Waals surface area contributed by atoms with E-state index in [0.29, 0.717) is 0 Å². The molecule has 1 aromatic rings. The topological polar surface area (TPSA) is 0 Å². The van der Waals surface area contributed by atoms with Gasteiger partial charge in [0.25, 0.3) is 0 Å². The molecule has 0 heterocycles. The first-order valence-electron chi connectivity index (χ1n) is 2.41. The molecule has 0 saturated carbocycles. The van der Waals surface area contributed by atoms with Crippen LogP contribution in [0.1, 0.15) is 5.56 Å². The van der Waals surface area contributed by atoms with Crippen molar-refractivity contribution in [2.45, 2.75) is 6.92 Å². The number of benzene rings is 1. The zero-order chi connectivity index (χ0) is 5.11. The quantitative estimate of drug-likeness (QED) is 0.591. The van der Waals surface area contributed by atoms with Crippen LogP contribution in [0.25, 0.3) is 0 Å². The van der Waals surface area contributed by atoms with Crippen LogP contribution < -0.4 is 0 Å². The SMILES string of the molecule is Cc1ccccc1.[Tm].[Tm]. The molecule has 0 amide bonds. The van der Waals surface area contributed by atoms with Gasteiger partial charge >= 0.3 is 0 Å². The summed E-state index contributed by atoms with van der Waals surface area (Å²) < 4.78 is 0. The Bertz CT molecular complexity index is 137. The Hall–Kier alpha value is 1.69. The number of aryl methyl sites for hydroxylation is 1. The van der Waals surface area contributed by atoms with Crippen molar-refractivity contribution in [2.24, 2.45) is 0 Å². The van der Waals surface area contributed by atoms with Crippen LogP contribution >= 0.6 is 0 Å². The second kappa shape index (κ2) is 7.79. The second-order valence-corrected chi connectivity index (χ2v) is 1.65. The van der Waals surface area contributed by atoms with Crippen molar-refractivity contribution in [3.8, 4) is 0 Å². The molecule has 0 nitrogen and oxygen atoms in total. The molecular weight excluding hydrogens is 422 g/mol. The minimum absolute atomic E-state index is 0. The summed E-state index contributed by atoms with van der Waals surface area (Å²) in [5.41, 5.74) is 1.32. The van der Waals surface area contributed by atoms with Gasteiger partial charge < -0.3 is 0 Å². The van der Waals surface area contributed by atoms with Gasteiger partial charge in [0.2, 0.25) is 0 Å². The van der Waals surface area contributed by atoms with Gasteiger partial charge in [-0.15, -0.1) is 0 Å². The fourth-order valence-corrected chi connectivity index (χ4v) is 0.534. The smallest absolute Gasteiger partial charge is 0 e. The number of hydrogen-bond acceptors (Lipinski definition) is 0. The first-order chi connectivity index (χ1) is 3.39. The Kier molecular flexibility index (Phi) is 11.5. The van der Waals surface area contributed by atoms with Crippen molar-refractivity contribution in [3.05, 3.63) is 35.9 Å². The fraction of sp³-hybridized carbons (Fsp3) is 0.143. The van der Waals surface area contributed by atoms with Crippen LogP contribution in [0.3, 0.4) is 0 Å². The molecule has 1 rings (SSSR count). The normalized spacial score (nSPS) is 6.78. The van der Waals surface area contributed by atoms with Crippen molar-refractivity contribution in [1.82, 2.24) is 0 Å². The molecule has 0 fully saturated rings. The average Bonchev–Trinajstić information content (AvgIpc) is 1.69. The van der Waals surface area contributed by atoms with E-state index in [0.717, 1.165) is 0 Å². The van der Waals surface area contributed by atoms with Crippen LogP contribution in [0.5, 0.6) is 0 Å². The van der Waals surface area contributed by atoms with E-state index in [1.165, 1.54) is 5.56 Å². The molecule has 2 heteroatoms. The molecule has 0 aliphatic heterocycles. The van der Waals surface area contributed by atoms with Crippen LogP contribution in [0.2, 0.25) is 0 Å². The van der Waals surface area contributed by atoms with Gasteiger partial charge in [0, 0.05) is 73.7 Å². The fourth-order valence-electron chi connectivity index (χ4n) is 0.534. The standard InChI is InChI=1S/C7H8.2Tm/c1-7-5-3-2-4-6-7;;/h2-6H,1H3;;. The van der Waals surface area contributed by atoms with Crippen molar-refractivity contribution in [1.29, 1.82) is 0 Å². The summed E-state index contributed by atoms with van der Waals surface area (Å²) in [5.74, 6) is 0. The molecule has 1 aromatic carbocycles. The maximum atomic E-state index is 2.08. The monoisotopic (exact) mass is 430 g/mol. The Balaban J connectivity index is 0. The van der Waals surface area contributed by atoms with E-state index < -0.39 is 0 Å². The predicted octanol–water partition coefficient (Wildman–Crippen LogP) is 2.00. The molecule has 0 atom stereocenters. The van der Waals surface area contributed by atoms with Crippen LogP contribution in [-0.4, -0.2) is 0 Å². The van der Waals surface area contributed by atoms with E-state index in [1.54, 1.807) is 0 Å². The zero-order valence-electron chi connectivity index (χ0n) is 4.94. The van der Waals surface area contributed by atoms with E-state index in [2.05, 4.69) is 19.1 Å². The van der Waals surface area contributed by atoms with Gasteiger partial charge in [-0.1, -0.05) is 35.9 Å². The molecule has 0 saturated heterocycles. The van der Waals surface area contributed by atoms with Gasteiger partial charge in [0.1, 0.15) is 0 Å². The van der Waals surface area contributed by atoms with Crippen LogP contribution in [0.15, 0.2) is 30.3 Å². The zero-order valence-corrected chi connectivity index (χ0v) is 8.50. The maximum Gasteiger partial charge on any atom is 0 e. The largest absolute Gasteiger partial charge is 0.0622 e. The van der Waals surface area contributed by atoms with Gasteiger partial charge in [0.15, 0.2) is 0 Å². The molecule has 0 spiro atoms. The first-order valence-corrected chi connectivity index (χ1v) is 2.41. The summed E-state index contributed by atoms with van der Waals surface area (Å²) in [6.45, 7) is 2.08. The predicted molar refractivity (Wildman–Crippen MR) is 31.2 cm³/mol. The Labute approximate surface area is 114 Å². The van der Waals surface area contributed by atoms with Gasteiger partial charge in [-0.2, -0.15) is 0 Å². The van der Waals surface area contributed by atoms with Crippen LogP contribution in [0, 0.1) is 80.7 Å². The Morgan fingerprint density at radius 3 is 1.56 bits per heavy atom. The van der Waals surface area contributed by atoms with E-state index >= 15 is 0 Å². The summed E-state index contributed by atoms with van der Waals surface area (Å²) in [6.07, 6.45) is 0. The van der Waals surface area contributed by atoms with E-state index in [1.807, 2.05) is 18.2 Å². The van der Waals surface area contributed by atoms with E-state index in [9.17, 15) is 0 Å². The van der Waals surface area contributed by atoms with Gasteiger partial charge in [-0.25, -0.2) is 0 Å². The second-order valence-electron chi connectivity index (χ2n) is 1.65. The minimum Gasteiger partial charge on any atom is -0.0622 e. The van der Waals surface area contributed by atoms with E-state index in [-0.39, 0.29) is 73.7 Å². The van der Waals surface area contributed by atoms with Crippen molar-refractivity contribution in [3.63, 3.8) is 0 Å². The third-order valence-corrected chi connectivity index (χ3v) is 0.940. The number of rotatable bonds is 0. The Morgan fingerprint density at radius 2 is 1.33 bits per heavy atom. The molecule has 0 N–H and O–H groups in total. The summed E-state index contributed by atoms with van der Waals surface area (Å²) in [6, 6.07) is 10.3. The maximum absolute atomic E-state index is 2.08. The first kappa shape index (κ1) is 13.3. The van der Waals surface area contributed by atoms with Crippen molar-refractivity contribution in [2.75, 3.05) is 0 Å². The summed E-state index contributed by atoms with van der Waals surface area (Å²) in [4.78, 5) is 0. The van der Waals surface area contributed by atoms with Gasteiger partial charge in [-0.3, -0.25) is 0 Å². The summed E-state index contributed by atoms with van der Waals surface area (Å²) in [7, 11) is 0. The molecular formula is C7H8Tm2. The average molecular weight is 430 g/mol.